The van der Waals surface area contributed by atoms with Crippen LogP contribution in [-0.2, 0) is 16.2 Å². The molecule has 30 heavy (non-hydrogen) atoms. The molecule has 0 fully saturated rings. The molecule has 1 amide bonds. The van der Waals surface area contributed by atoms with Gasteiger partial charge in [0.25, 0.3) is 5.91 Å². The summed E-state index contributed by atoms with van der Waals surface area (Å²) in [5.41, 5.74) is -1.14. The number of methoxy groups -OCH3 is 2. The maximum Gasteiger partial charge on any atom is 0.416 e. The zero-order chi connectivity index (χ0) is 22.7. The molecule has 0 saturated carbocycles. The molecule has 0 heterocycles. The Hall–Kier alpha value is -2.95. The number of hydrogen-bond acceptors (Lipinski definition) is 5. The third kappa shape index (κ3) is 5.15. The molecule has 0 aromatic heterocycles. The molecule has 11 heteroatoms. The van der Waals surface area contributed by atoms with Crippen LogP contribution in [0.4, 0.5) is 24.5 Å². The molecule has 0 spiro atoms. The molecule has 0 aliphatic heterocycles. The Kier molecular flexibility index (Phi) is 6.86. The molecule has 7 nitrogen and oxygen atoms in total. The molecular weight excluding hydrogens is 425 g/mol. The zero-order valence-corrected chi connectivity index (χ0v) is 17.5. The number of carbonyl (C=O) groups is 1. The van der Waals surface area contributed by atoms with E-state index in [0.29, 0.717) is 0 Å². The SMILES string of the molecule is CCN(c1cc(OC)c(OC)cc1C(=O)Nc1cccc(C(F)(F)F)c1)S(C)(=O)=O. The van der Waals surface area contributed by atoms with E-state index in [0.717, 1.165) is 28.8 Å². The lowest BCUT2D eigenvalue weighted by atomic mass is 10.1. The fourth-order valence-electron chi connectivity index (χ4n) is 2.81. The molecule has 2 aromatic carbocycles. The number of hydrogen-bond donors (Lipinski definition) is 1. The Morgan fingerprint density at radius 1 is 1.10 bits per heavy atom. The van der Waals surface area contributed by atoms with Gasteiger partial charge in [-0.25, -0.2) is 8.42 Å². The predicted molar refractivity (Wildman–Crippen MR) is 107 cm³/mol. The number of amides is 1. The molecule has 2 aromatic rings. The van der Waals surface area contributed by atoms with Crippen LogP contribution in [-0.4, -0.2) is 41.3 Å². The van der Waals surface area contributed by atoms with Crippen LogP contribution in [0.3, 0.4) is 0 Å². The number of carbonyl (C=O) groups excluding carboxylic acids is 1. The third-order valence-corrected chi connectivity index (χ3v) is 5.41. The maximum atomic E-state index is 12.9. The summed E-state index contributed by atoms with van der Waals surface area (Å²) in [7, 11) is -1.08. The van der Waals surface area contributed by atoms with Crippen molar-refractivity contribution in [2.45, 2.75) is 13.1 Å². The van der Waals surface area contributed by atoms with E-state index in [9.17, 15) is 26.4 Å². The van der Waals surface area contributed by atoms with E-state index in [1.165, 1.54) is 32.4 Å². The summed E-state index contributed by atoms with van der Waals surface area (Å²) in [5.74, 6) is -0.474. The molecule has 0 aliphatic rings. The first-order valence-corrected chi connectivity index (χ1v) is 10.5. The summed E-state index contributed by atoms with van der Waals surface area (Å²) < 4.78 is 74.6. The van der Waals surface area contributed by atoms with Crippen molar-refractivity contribution in [3.05, 3.63) is 47.5 Å². The van der Waals surface area contributed by atoms with Gasteiger partial charge in [-0.15, -0.1) is 0 Å². The van der Waals surface area contributed by atoms with Gasteiger partial charge in [0, 0.05) is 18.3 Å². The van der Waals surface area contributed by atoms with Gasteiger partial charge in [0.05, 0.1) is 37.3 Å². The molecule has 0 radical (unpaired) electrons. The second kappa shape index (κ2) is 8.82. The van der Waals surface area contributed by atoms with Crippen LogP contribution in [0.1, 0.15) is 22.8 Å². The van der Waals surface area contributed by atoms with Crippen molar-refractivity contribution in [1.29, 1.82) is 0 Å². The van der Waals surface area contributed by atoms with Crippen LogP contribution >= 0.6 is 0 Å². The van der Waals surface area contributed by atoms with Crippen molar-refractivity contribution in [2.75, 3.05) is 36.6 Å². The number of rotatable bonds is 7. The monoisotopic (exact) mass is 446 g/mol. The summed E-state index contributed by atoms with van der Waals surface area (Å²) in [5, 5.41) is 2.37. The number of nitrogens with zero attached hydrogens (tertiary/aromatic N) is 1. The second-order valence-corrected chi connectivity index (χ2v) is 8.09. The number of alkyl halides is 3. The molecular formula is C19H21F3N2O5S. The van der Waals surface area contributed by atoms with Crippen LogP contribution in [0.25, 0.3) is 0 Å². The summed E-state index contributed by atoms with van der Waals surface area (Å²) in [6, 6.07) is 6.70. The number of sulfonamides is 1. The molecule has 0 atom stereocenters. The maximum absolute atomic E-state index is 12.9. The van der Waals surface area contributed by atoms with Gasteiger partial charge in [0.1, 0.15) is 0 Å². The summed E-state index contributed by atoms with van der Waals surface area (Å²) in [6.45, 7) is 1.59. The molecule has 164 valence electrons. The number of benzene rings is 2. The van der Waals surface area contributed by atoms with Crippen molar-refractivity contribution < 1.29 is 35.9 Å². The molecule has 2 rings (SSSR count). The largest absolute Gasteiger partial charge is 0.493 e. The minimum absolute atomic E-state index is 0.00197. The van der Waals surface area contributed by atoms with Gasteiger partial charge in [-0.05, 0) is 31.2 Å². The number of halogens is 3. The Bertz CT molecular complexity index is 1040. The van der Waals surface area contributed by atoms with Crippen LogP contribution in [0, 0.1) is 0 Å². The topological polar surface area (TPSA) is 84.9 Å². The first-order chi connectivity index (χ1) is 13.9. The fraction of sp³-hybridized carbons (Fsp3) is 0.316. The summed E-state index contributed by atoms with van der Waals surface area (Å²) in [6.07, 6.45) is -3.60. The Labute approximate surface area is 172 Å². The van der Waals surface area contributed by atoms with Crippen molar-refractivity contribution in [3.63, 3.8) is 0 Å². The van der Waals surface area contributed by atoms with E-state index in [2.05, 4.69) is 5.32 Å². The van der Waals surface area contributed by atoms with Gasteiger partial charge in [-0.1, -0.05) is 6.07 Å². The average Bonchev–Trinajstić information content (AvgIpc) is 2.66. The van der Waals surface area contributed by atoms with Gasteiger partial charge in [-0.2, -0.15) is 13.2 Å². The van der Waals surface area contributed by atoms with Crippen LogP contribution in [0.15, 0.2) is 36.4 Å². The summed E-state index contributed by atoms with van der Waals surface area (Å²) >= 11 is 0. The van der Waals surface area contributed by atoms with Gasteiger partial charge >= 0.3 is 6.18 Å². The van der Waals surface area contributed by atoms with Crippen molar-refractivity contribution >= 4 is 27.3 Å². The van der Waals surface area contributed by atoms with E-state index in [1.54, 1.807) is 6.92 Å². The number of anilines is 2. The van der Waals surface area contributed by atoms with E-state index >= 15 is 0 Å². The van der Waals surface area contributed by atoms with E-state index in [-0.39, 0.29) is 35.0 Å². The first kappa shape index (κ1) is 23.3. The first-order valence-electron chi connectivity index (χ1n) is 8.64. The molecule has 0 aliphatic carbocycles. The predicted octanol–water partition coefficient (Wildman–Crippen LogP) is 3.76. The van der Waals surface area contributed by atoms with Crippen molar-refractivity contribution in [1.82, 2.24) is 0 Å². The molecule has 1 N–H and O–H groups in total. The van der Waals surface area contributed by atoms with E-state index in [1.807, 2.05) is 0 Å². The minimum Gasteiger partial charge on any atom is -0.493 e. The quantitative estimate of drug-likeness (QED) is 0.700. The van der Waals surface area contributed by atoms with Crippen LogP contribution in [0.5, 0.6) is 11.5 Å². The Morgan fingerprint density at radius 2 is 1.70 bits per heavy atom. The third-order valence-electron chi connectivity index (χ3n) is 4.15. The molecule has 0 unspecified atom stereocenters. The van der Waals surface area contributed by atoms with Crippen LogP contribution < -0.4 is 19.1 Å². The lowest BCUT2D eigenvalue weighted by Crippen LogP contribution is -2.31. The smallest absolute Gasteiger partial charge is 0.416 e. The van der Waals surface area contributed by atoms with E-state index < -0.39 is 27.7 Å². The van der Waals surface area contributed by atoms with Gasteiger partial charge in [0.2, 0.25) is 10.0 Å². The highest BCUT2D eigenvalue weighted by Gasteiger charge is 2.31. The lowest BCUT2D eigenvalue weighted by Gasteiger charge is -2.24. The van der Waals surface area contributed by atoms with Crippen molar-refractivity contribution in [2.24, 2.45) is 0 Å². The summed E-state index contributed by atoms with van der Waals surface area (Å²) in [4.78, 5) is 12.9. The minimum atomic E-state index is -4.58. The van der Waals surface area contributed by atoms with E-state index in [4.69, 9.17) is 9.47 Å². The van der Waals surface area contributed by atoms with Crippen LogP contribution in [0.2, 0.25) is 0 Å². The normalized spacial score (nSPS) is 11.7. The fourth-order valence-corrected chi connectivity index (χ4v) is 3.79. The highest BCUT2D eigenvalue weighted by molar-refractivity contribution is 7.92. The number of ether oxygens (including phenoxy) is 2. The Morgan fingerprint density at radius 3 is 2.20 bits per heavy atom. The highest BCUT2D eigenvalue weighted by Crippen LogP contribution is 2.37. The van der Waals surface area contributed by atoms with Gasteiger partial charge in [0.15, 0.2) is 11.5 Å². The molecule has 0 saturated heterocycles. The second-order valence-electron chi connectivity index (χ2n) is 6.18. The standard InChI is InChI=1S/C19H21F3N2O5S/c1-5-24(30(4,26)27)15-11-17(29-3)16(28-2)10-14(15)18(25)23-13-8-6-7-12(9-13)19(20,21)22/h6-11H,5H2,1-4H3,(H,23,25). The average molecular weight is 446 g/mol. The lowest BCUT2D eigenvalue weighted by molar-refractivity contribution is -0.137. The van der Waals surface area contributed by atoms with Gasteiger partial charge < -0.3 is 14.8 Å². The number of nitrogens with one attached hydrogen (secondary N) is 1. The zero-order valence-electron chi connectivity index (χ0n) is 16.7. The van der Waals surface area contributed by atoms with Gasteiger partial charge in [-0.3, -0.25) is 9.10 Å². The molecule has 0 bridgehead atoms. The highest BCUT2D eigenvalue weighted by atomic mass is 32.2. The van der Waals surface area contributed by atoms with Crippen molar-refractivity contribution in [3.8, 4) is 11.5 Å². The Balaban J connectivity index is 2.57.